The van der Waals surface area contributed by atoms with E-state index in [1.807, 2.05) is 13.8 Å². The smallest absolute Gasteiger partial charge is 0.242 e. The second kappa shape index (κ2) is 6.38. The summed E-state index contributed by atoms with van der Waals surface area (Å²) in [6.07, 6.45) is 0. The Morgan fingerprint density at radius 1 is 1.33 bits per heavy atom. The highest BCUT2D eigenvalue weighted by molar-refractivity contribution is 5.84. The lowest BCUT2D eigenvalue weighted by Gasteiger charge is -2.16. The van der Waals surface area contributed by atoms with E-state index in [0.29, 0.717) is 18.0 Å². The summed E-state index contributed by atoms with van der Waals surface area (Å²) < 4.78 is 13.1. The minimum Gasteiger partial charge on any atom is -0.374 e. The first kappa shape index (κ1) is 14.5. The zero-order valence-electron chi connectivity index (χ0n) is 11.4. The molecule has 0 fully saturated rings. The van der Waals surface area contributed by atoms with Crippen molar-refractivity contribution in [3.05, 3.63) is 29.6 Å². The summed E-state index contributed by atoms with van der Waals surface area (Å²) in [6.45, 7) is 8.23. The summed E-state index contributed by atoms with van der Waals surface area (Å²) in [7, 11) is 0. The molecule has 1 amide bonds. The minimum absolute atomic E-state index is 0.0503. The lowest BCUT2D eigenvalue weighted by Crippen LogP contribution is -2.39. The topological polar surface area (TPSA) is 41.1 Å². The van der Waals surface area contributed by atoms with Crippen LogP contribution in [0.5, 0.6) is 0 Å². The summed E-state index contributed by atoms with van der Waals surface area (Å²) in [5, 5.41) is 5.91. The van der Waals surface area contributed by atoms with Gasteiger partial charge in [0.25, 0.3) is 0 Å². The van der Waals surface area contributed by atoms with Gasteiger partial charge in [-0.25, -0.2) is 4.39 Å². The molecule has 0 bridgehead atoms. The lowest BCUT2D eigenvalue weighted by molar-refractivity contribution is -0.121. The molecule has 0 radical (unpaired) electrons. The number of aryl methyl sites for hydroxylation is 1. The van der Waals surface area contributed by atoms with E-state index in [-0.39, 0.29) is 17.8 Å². The van der Waals surface area contributed by atoms with Crippen LogP contribution >= 0.6 is 0 Å². The van der Waals surface area contributed by atoms with Crippen LogP contribution in [0.25, 0.3) is 0 Å². The molecule has 0 aromatic heterocycles. The highest BCUT2D eigenvalue weighted by atomic mass is 19.1. The summed E-state index contributed by atoms with van der Waals surface area (Å²) in [6, 6.07) is 4.39. The van der Waals surface area contributed by atoms with Gasteiger partial charge in [-0.3, -0.25) is 4.79 Å². The van der Waals surface area contributed by atoms with E-state index in [1.165, 1.54) is 6.07 Å². The Hall–Kier alpha value is -1.58. The van der Waals surface area contributed by atoms with Crippen molar-refractivity contribution in [2.24, 2.45) is 5.92 Å². The van der Waals surface area contributed by atoms with E-state index >= 15 is 0 Å². The summed E-state index contributed by atoms with van der Waals surface area (Å²) in [5.41, 5.74) is 1.32. The van der Waals surface area contributed by atoms with Crippen LogP contribution in [0.15, 0.2) is 18.2 Å². The molecule has 4 heteroatoms. The third-order valence-corrected chi connectivity index (χ3v) is 2.62. The Morgan fingerprint density at radius 3 is 2.56 bits per heavy atom. The number of rotatable bonds is 5. The molecule has 2 N–H and O–H groups in total. The van der Waals surface area contributed by atoms with Gasteiger partial charge in [-0.15, -0.1) is 0 Å². The van der Waals surface area contributed by atoms with Crippen molar-refractivity contribution in [2.45, 2.75) is 33.7 Å². The number of anilines is 1. The van der Waals surface area contributed by atoms with Crippen molar-refractivity contribution in [3.8, 4) is 0 Å². The molecule has 18 heavy (non-hydrogen) atoms. The fraction of sp³-hybridized carbons (Fsp3) is 0.500. The Kier molecular flexibility index (Phi) is 5.13. The number of carbonyl (C=O) groups excluding carboxylic acids is 1. The number of amides is 1. The van der Waals surface area contributed by atoms with Gasteiger partial charge in [-0.2, -0.15) is 0 Å². The zero-order chi connectivity index (χ0) is 13.7. The maximum atomic E-state index is 13.1. The quantitative estimate of drug-likeness (QED) is 0.846. The van der Waals surface area contributed by atoms with Gasteiger partial charge in [0.05, 0.1) is 0 Å². The SMILES string of the molecule is Cc1cc(NC(C)C(=O)NCC(C)C)ccc1F. The molecule has 0 aliphatic carbocycles. The third kappa shape index (κ3) is 4.35. The molecule has 0 aliphatic rings. The lowest BCUT2D eigenvalue weighted by atomic mass is 10.2. The fourth-order valence-corrected chi connectivity index (χ4v) is 1.51. The third-order valence-electron chi connectivity index (χ3n) is 2.62. The largest absolute Gasteiger partial charge is 0.374 e. The number of carbonyl (C=O) groups is 1. The van der Waals surface area contributed by atoms with E-state index in [9.17, 15) is 9.18 Å². The van der Waals surface area contributed by atoms with Crippen LogP contribution in [0.3, 0.4) is 0 Å². The first-order chi connectivity index (χ1) is 8.40. The molecule has 1 atom stereocenters. The Balaban J connectivity index is 2.55. The average molecular weight is 252 g/mol. The normalized spacial score (nSPS) is 12.3. The van der Waals surface area contributed by atoms with Gasteiger partial charge in [0.15, 0.2) is 0 Å². The highest BCUT2D eigenvalue weighted by Gasteiger charge is 2.12. The minimum atomic E-state index is -0.339. The average Bonchev–Trinajstić information content (AvgIpc) is 2.30. The molecule has 0 heterocycles. The molecule has 0 saturated carbocycles. The fourth-order valence-electron chi connectivity index (χ4n) is 1.51. The van der Waals surface area contributed by atoms with E-state index < -0.39 is 0 Å². The Bertz CT molecular complexity index is 418. The van der Waals surface area contributed by atoms with Crippen LogP contribution in [-0.2, 0) is 4.79 Å². The standard InChI is InChI=1S/C14H21FN2O/c1-9(2)8-16-14(18)11(4)17-12-5-6-13(15)10(3)7-12/h5-7,9,11,17H,8H2,1-4H3,(H,16,18). The van der Waals surface area contributed by atoms with Gasteiger partial charge in [0.2, 0.25) is 5.91 Å². The van der Waals surface area contributed by atoms with E-state index in [4.69, 9.17) is 0 Å². The van der Waals surface area contributed by atoms with Gasteiger partial charge < -0.3 is 10.6 Å². The summed E-state index contributed by atoms with van der Waals surface area (Å²) in [4.78, 5) is 11.8. The molecule has 3 nitrogen and oxygen atoms in total. The summed E-state index contributed by atoms with van der Waals surface area (Å²) in [5.74, 6) is 0.136. The van der Waals surface area contributed by atoms with Crippen LogP contribution in [0.4, 0.5) is 10.1 Å². The highest BCUT2D eigenvalue weighted by Crippen LogP contribution is 2.14. The maximum absolute atomic E-state index is 13.1. The van der Waals surface area contributed by atoms with Crippen molar-refractivity contribution >= 4 is 11.6 Å². The van der Waals surface area contributed by atoms with Crippen LogP contribution in [0.2, 0.25) is 0 Å². The van der Waals surface area contributed by atoms with Gasteiger partial charge in [0.1, 0.15) is 11.9 Å². The zero-order valence-corrected chi connectivity index (χ0v) is 11.4. The monoisotopic (exact) mass is 252 g/mol. The van der Waals surface area contributed by atoms with Crippen LogP contribution in [0.1, 0.15) is 26.3 Å². The molecule has 0 saturated heterocycles. The number of benzene rings is 1. The molecule has 1 rings (SSSR count). The molecular formula is C14H21FN2O. The van der Waals surface area contributed by atoms with E-state index in [0.717, 1.165) is 5.69 Å². The number of nitrogens with one attached hydrogen (secondary N) is 2. The van der Waals surface area contributed by atoms with Crippen molar-refractivity contribution in [2.75, 3.05) is 11.9 Å². The van der Waals surface area contributed by atoms with Crippen LogP contribution < -0.4 is 10.6 Å². The Labute approximate surface area is 108 Å². The van der Waals surface area contributed by atoms with Crippen LogP contribution in [-0.4, -0.2) is 18.5 Å². The Morgan fingerprint density at radius 2 is 2.00 bits per heavy atom. The molecule has 0 spiro atoms. The van der Waals surface area contributed by atoms with Crippen molar-refractivity contribution < 1.29 is 9.18 Å². The molecule has 100 valence electrons. The van der Waals surface area contributed by atoms with Crippen LogP contribution in [0, 0.1) is 18.7 Å². The van der Waals surface area contributed by atoms with Gasteiger partial charge >= 0.3 is 0 Å². The predicted molar refractivity (Wildman–Crippen MR) is 72.1 cm³/mol. The van der Waals surface area contributed by atoms with Gasteiger partial charge in [0, 0.05) is 12.2 Å². The molecule has 0 aliphatic heterocycles. The summed E-state index contributed by atoms with van der Waals surface area (Å²) >= 11 is 0. The molecule has 1 aromatic carbocycles. The van der Waals surface area contributed by atoms with Crippen molar-refractivity contribution in [1.82, 2.24) is 5.32 Å². The number of hydrogen-bond acceptors (Lipinski definition) is 2. The molecule has 1 aromatic rings. The van der Waals surface area contributed by atoms with Crippen molar-refractivity contribution in [1.29, 1.82) is 0 Å². The van der Waals surface area contributed by atoms with Gasteiger partial charge in [-0.1, -0.05) is 13.8 Å². The van der Waals surface area contributed by atoms with E-state index in [2.05, 4.69) is 10.6 Å². The van der Waals surface area contributed by atoms with E-state index in [1.54, 1.807) is 26.0 Å². The predicted octanol–water partition coefficient (Wildman–Crippen LogP) is 2.71. The maximum Gasteiger partial charge on any atom is 0.242 e. The number of hydrogen-bond donors (Lipinski definition) is 2. The first-order valence-electron chi connectivity index (χ1n) is 6.20. The molecular weight excluding hydrogens is 231 g/mol. The number of halogens is 1. The second-order valence-corrected chi connectivity index (χ2v) is 4.97. The second-order valence-electron chi connectivity index (χ2n) is 4.97. The van der Waals surface area contributed by atoms with Crippen molar-refractivity contribution in [3.63, 3.8) is 0 Å². The molecule has 1 unspecified atom stereocenters. The first-order valence-corrected chi connectivity index (χ1v) is 6.20. The van der Waals surface area contributed by atoms with Gasteiger partial charge in [-0.05, 0) is 43.5 Å².